The first-order valence-corrected chi connectivity index (χ1v) is 5.81. The van der Waals surface area contributed by atoms with Crippen LogP contribution in [0.5, 0.6) is 0 Å². The van der Waals surface area contributed by atoms with Crippen molar-refractivity contribution in [1.82, 2.24) is 9.97 Å². The number of nitrogens with one attached hydrogen (secondary N) is 1. The van der Waals surface area contributed by atoms with E-state index in [1.165, 1.54) is 37.8 Å². The van der Waals surface area contributed by atoms with Crippen LogP contribution < -0.4 is 0 Å². The van der Waals surface area contributed by atoms with E-state index < -0.39 is 0 Å². The van der Waals surface area contributed by atoms with Crippen molar-refractivity contribution in [2.45, 2.75) is 50.9 Å². The van der Waals surface area contributed by atoms with E-state index in [1.54, 1.807) is 0 Å². The van der Waals surface area contributed by atoms with Gasteiger partial charge in [0.25, 0.3) is 0 Å². The first-order chi connectivity index (χ1) is 7.40. The van der Waals surface area contributed by atoms with Crippen molar-refractivity contribution in [3.05, 3.63) is 17.7 Å². The van der Waals surface area contributed by atoms with E-state index in [9.17, 15) is 0 Å². The molecule has 0 aliphatic heterocycles. The maximum absolute atomic E-state index is 8.49. The smallest absolute Gasteiger partial charge is 0.107 e. The van der Waals surface area contributed by atoms with Gasteiger partial charge in [0.1, 0.15) is 5.82 Å². The van der Waals surface area contributed by atoms with Crippen LogP contribution in [0.3, 0.4) is 0 Å². The van der Waals surface area contributed by atoms with Crippen LogP contribution in [0, 0.1) is 11.3 Å². The third-order valence-electron chi connectivity index (χ3n) is 3.17. The minimum absolute atomic E-state index is 0.553. The van der Waals surface area contributed by atoms with Gasteiger partial charge in [0.2, 0.25) is 0 Å². The highest BCUT2D eigenvalue weighted by molar-refractivity contribution is 5.09. The molecule has 0 amide bonds. The normalized spacial score (nSPS) is 17.5. The van der Waals surface area contributed by atoms with E-state index in [-0.39, 0.29) is 0 Å². The third kappa shape index (κ3) is 2.59. The molecule has 0 spiro atoms. The number of aromatic amines is 1. The lowest BCUT2D eigenvalue weighted by Gasteiger charge is -2.19. The molecule has 80 valence electrons. The zero-order valence-corrected chi connectivity index (χ0v) is 9.00. The van der Waals surface area contributed by atoms with E-state index in [2.05, 4.69) is 16.0 Å². The van der Waals surface area contributed by atoms with Gasteiger partial charge in [0.05, 0.1) is 6.07 Å². The molecule has 0 aromatic carbocycles. The SMILES string of the molecule is N#CCCc1ncc(C2CCCCC2)[nH]1. The van der Waals surface area contributed by atoms with E-state index in [4.69, 9.17) is 5.26 Å². The van der Waals surface area contributed by atoms with Crippen LogP contribution in [-0.2, 0) is 6.42 Å². The van der Waals surface area contributed by atoms with Crippen molar-refractivity contribution in [2.75, 3.05) is 0 Å². The van der Waals surface area contributed by atoms with Gasteiger partial charge < -0.3 is 4.98 Å². The number of rotatable bonds is 3. The van der Waals surface area contributed by atoms with Crippen molar-refractivity contribution < 1.29 is 0 Å². The summed E-state index contributed by atoms with van der Waals surface area (Å²) in [4.78, 5) is 7.68. The number of imidazole rings is 1. The molecule has 1 aliphatic rings. The van der Waals surface area contributed by atoms with Crippen molar-refractivity contribution in [3.63, 3.8) is 0 Å². The quantitative estimate of drug-likeness (QED) is 0.821. The zero-order chi connectivity index (χ0) is 10.5. The van der Waals surface area contributed by atoms with E-state index in [1.807, 2.05) is 6.20 Å². The Balaban J connectivity index is 1.96. The minimum Gasteiger partial charge on any atom is -0.346 e. The summed E-state index contributed by atoms with van der Waals surface area (Å²) in [6.07, 6.45) is 9.92. The number of nitriles is 1. The molecule has 1 heterocycles. The average molecular weight is 203 g/mol. The summed E-state index contributed by atoms with van der Waals surface area (Å²) in [5.74, 6) is 1.65. The van der Waals surface area contributed by atoms with Gasteiger partial charge in [0.15, 0.2) is 0 Å². The lowest BCUT2D eigenvalue weighted by atomic mass is 9.87. The summed E-state index contributed by atoms with van der Waals surface area (Å²) in [5, 5.41) is 8.49. The fourth-order valence-corrected chi connectivity index (χ4v) is 2.30. The number of aromatic nitrogens is 2. The standard InChI is InChI=1S/C12H17N3/c13-8-4-7-12-14-9-11(15-12)10-5-2-1-3-6-10/h9-10H,1-7H2,(H,14,15). The number of aryl methyl sites for hydroxylation is 1. The second-order valence-corrected chi connectivity index (χ2v) is 4.28. The highest BCUT2D eigenvalue weighted by atomic mass is 14.9. The molecular weight excluding hydrogens is 186 g/mol. The van der Waals surface area contributed by atoms with Gasteiger partial charge in [-0.2, -0.15) is 5.26 Å². The largest absolute Gasteiger partial charge is 0.346 e. The van der Waals surface area contributed by atoms with E-state index in [0.29, 0.717) is 12.3 Å². The van der Waals surface area contributed by atoms with Gasteiger partial charge in [-0.1, -0.05) is 19.3 Å². The zero-order valence-electron chi connectivity index (χ0n) is 9.00. The lowest BCUT2D eigenvalue weighted by Crippen LogP contribution is -2.04. The summed E-state index contributed by atoms with van der Waals surface area (Å²) < 4.78 is 0. The van der Waals surface area contributed by atoms with Crippen LogP contribution in [0.15, 0.2) is 6.20 Å². The summed E-state index contributed by atoms with van der Waals surface area (Å²) in [6, 6.07) is 2.14. The molecule has 2 rings (SSSR count). The highest BCUT2D eigenvalue weighted by Gasteiger charge is 2.17. The van der Waals surface area contributed by atoms with Gasteiger partial charge in [-0.05, 0) is 12.8 Å². The van der Waals surface area contributed by atoms with Crippen LogP contribution in [0.1, 0.15) is 56.0 Å². The van der Waals surface area contributed by atoms with Crippen LogP contribution in [-0.4, -0.2) is 9.97 Å². The van der Waals surface area contributed by atoms with E-state index in [0.717, 1.165) is 12.2 Å². The third-order valence-corrected chi connectivity index (χ3v) is 3.17. The number of hydrogen-bond acceptors (Lipinski definition) is 2. The molecule has 1 aliphatic carbocycles. The average Bonchev–Trinajstić information content (AvgIpc) is 2.76. The molecule has 1 aromatic heterocycles. The Morgan fingerprint density at radius 2 is 2.20 bits per heavy atom. The minimum atomic E-state index is 0.553. The van der Waals surface area contributed by atoms with Crippen LogP contribution in [0.4, 0.5) is 0 Å². The van der Waals surface area contributed by atoms with Crippen LogP contribution in [0.2, 0.25) is 0 Å². The molecule has 1 N–H and O–H groups in total. The topological polar surface area (TPSA) is 52.5 Å². The first kappa shape index (κ1) is 10.2. The predicted octanol–water partition coefficient (Wildman–Crippen LogP) is 2.91. The molecule has 0 bridgehead atoms. The Labute approximate surface area is 90.5 Å². The molecule has 0 atom stereocenters. The molecular formula is C12H17N3. The molecule has 0 radical (unpaired) electrons. The Morgan fingerprint density at radius 3 is 2.93 bits per heavy atom. The Hall–Kier alpha value is -1.30. The maximum atomic E-state index is 8.49. The predicted molar refractivity (Wildman–Crippen MR) is 58.3 cm³/mol. The van der Waals surface area contributed by atoms with Gasteiger partial charge in [-0.15, -0.1) is 0 Å². The van der Waals surface area contributed by atoms with E-state index >= 15 is 0 Å². The Morgan fingerprint density at radius 1 is 1.40 bits per heavy atom. The summed E-state index contributed by atoms with van der Waals surface area (Å²) in [7, 11) is 0. The number of nitrogens with zero attached hydrogens (tertiary/aromatic N) is 2. The summed E-state index contributed by atoms with van der Waals surface area (Å²) in [6.45, 7) is 0. The number of H-pyrrole nitrogens is 1. The van der Waals surface area contributed by atoms with Gasteiger partial charge >= 0.3 is 0 Å². The maximum Gasteiger partial charge on any atom is 0.107 e. The van der Waals surface area contributed by atoms with Crippen molar-refractivity contribution in [1.29, 1.82) is 5.26 Å². The lowest BCUT2D eigenvalue weighted by molar-refractivity contribution is 0.437. The fraction of sp³-hybridized carbons (Fsp3) is 0.667. The van der Waals surface area contributed by atoms with Crippen molar-refractivity contribution in [2.24, 2.45) is 0 Å². The molecule has 1 aromatic rings. The van der Waals surface area contributed by atoms with Crippen LogP contribution >= 0.6 is 0 Å². The molecule has 0 saturated heterocycles. The second kappa shape index (κ2) is 4.97. The van der Waals surface area contributed by atoms with Gasteiger partial charge in [-0.3, -0.25) is 0 Å². The van der Waals surface area contributed by atoms with Crippen molar-refractivity contribution >= 4 is 0 Å². The Bertz CT molecular complexity index is 342. The highest BCUT2D eigenvalue weighted by Crippen LogP contribution is 2.31. The molecule has 0 unspecified atom stereocenters. The van der Waals surface area contributed by atoms with Gasteiger partial charge in [-0.25, -0.2) is 4.98 Å². The molecule has 3 nitrogen and oxygen atoms in total. The fourth-order valence-electron chi connectivity index (χ4n) is 2.30. The summed E-state index contributed by atoms with van der Waals surface area (Å²) in [5.41, 5.74) is 1.28. The molecule has 1 saturated carbocycles. The monoisotopic (exact) mass is 203 g/mol. The van der Waals surface area contributed by atoms with Crippen LogP contribution in [0.25, 0.3) is 0 Å². The molecule has 1 fully saturated rings. The summed E-state index contributed by atoms with van der Waals surface area (Å²) >= 11 is 0. The second-order valence-electron chi connectivity index (χ2n) is 4.28. The van der Waals surface area contributed by atoms with Crippen molar-refractivity contribution in [3.8, 4) is 6.07 Å². The van der Waals surface area contributed by atoms with Gasteiger partial charge in [0, 0.05) is 30.7 Å². The first-order valence-electron chi connectivity index (χ1n) is 5.81. The molecule has 15 heavy (non-hydrogen) atoms. The molecule has 3 heteroatoms. The number of hydrogen-bond donors (Lipinski definition) is 1. The Kier molecular flexibility index (Phi) is 3.39.